The minimum Gasteiger partial charge on any atom is -0.507 e. The Bertz CT molecular complexity index is 1400. The van der Waals surface area contributed by atoms with E-state index in [0.29, 0.717) is 27.6 Å². The molecule has 1 aliphatic heterocycles. The van der Waals surface area contributed by atoms with Crippen LogP contribution in [0.25, 0.3) is 5.76 Å². The number of methoxy groups -OCH3 is 1. The monoisotopic (exact) mass is 503 g/mol. The number of carbonyl (C=O) groups is 2. The Hall–Kier alpha value is -3.57. The number of aliphatic hydroxyl groups excluding tert-OH is 1. The minimum absolute atomic E-state index is 0.00959. The Labute approximate surface area is 217 Å². The van der Waals surface area contributed by atoms with Crippen LogP contribution in [-0.2, 0) is 15.0 Å². The number of nitrogens with zero attached hydrogens (tertiary/aromatic N) is 1. The lowest BCUT2D eigenvalue weighted by molar-refractivity contribution is -0.132. The number of para-hydroxylation sites is 1. The topological polar surface area (TPSA) is 66.8 Å². The van der Waals surface area contributed by atoms with Gasteiger partial charge in [-0.1, -0.05) is 68.8 Å². The molecule has 6 heteroatoms. The summed E-state index contributed by atoms with van der Waals surface area (Å²) in [6.07, 6.45) is 0. The maximum absolute atomic E-state index is 13.5. The quantitative estimate of drug-likeness (QED) is 0.239. The fraction of sp³-hybridized carbons (Fsp3) is 0.267. The Kier molecular flexibility index (Phi) is 6.72. The molecule has 186 valence electrons. The Balaban J connectivity index is 2.02. The van der Waals surface area contributed by atoms with Gasteiger partial charge in [-0.05, 0) is 60.2 Å². The molecule has 1 heterocycles. The van der Waals surface area contributed by atoms with Gasteiger partial charge in [0.2, 0.25) is 0 Å². The van der Waals surface area contributed by atoms with Crippen LogP contribution in [0.15, 0.2) is 66.2 Å². The molecular weight excluding hydrogens is 474 g/mol. The molecule has 36 heavy (non-hydrogen) atoms. The summed E-state index contributed by atoms with van der Waals surface area (Å²) >= 11 is 6.40. The molecule has 0 radical (unpaired) electrons. The van der Waals surface area contributed by atoms with Gasteiger partial charge in [0.05, 0.1) is 18.7 Å². The van der Waals surface area contributed by atoms with E-state index in [1.165, 1.54) is 12.0 Å². The molecule has 1 aliphatic rings. The molecule has 5 nitrogen and oxygen atoms in total. The van der Waals surface area contributed by atoms with Crippen molar-refractivity contribution >= 4 is 34.7 Å². The predicted molar refractivity (Wildman–Crippen MR) is 144 cm³/mol. The van der Waals surface area contributed by atoms with Crippen molar-refractivity contribution in [1.82, 2.24) is 0 Å². The number of hydrogen-bond donors (Lipinski definition) is 1. The maximum Gasteiger partial charge on any atom is 0.300 e. The number of aliphatic hydroxyl groups is 1. The largest absolute Gasteiger partial charge is 0.507 e. The summed E-state index contributed by atoms with van der Waals surface area (Å²) < 4.78 is 5.60. The van der Waals surface area contributed by atoms with Gasteiger partial charge in [-0.25, -0.2) is 0 Å². The van der Waals surface area contributed by atoms with Crippen molar-refractivity contribution in [3.8, 4) is 5.75 Å². The SMILES string of the molecule is COc1ccccc1C1/C(=C(\O)c2cc(C(C)(C)C)ccc2C)C(=O)C(=O)N1c1ccc(C)c(Cl)c1. The number of benzene rings is 3. The fourth-order valence-corrected chi connectivity index (χ4v) is 4.68. The summed E-state index contributed by atoms with van der Waals surface area (Å²) in [5.74, 6) is -1.22. The molecule has 1 saturated heterocycles. The molecule has 1 atom stereocenters. The Morgan fingerprint density at radius 1 is 0.972 bits per heavy atom. The summed E-state index contributed by atoms with van der Waals surface area (Å²) in [6, 6.07) is 17.3. The first-order valence-corrected chi connectivity index (χ1v) is 12.1. The average molecular weight is 504 g/mol. The normalized spacial score (nSPS) is 17.5. The van der Waals surface area contributed by atoms with Crippen LogP contribution < -0.4 is 9.64 Å². The maximum atomic E-state index is 13.5. The molecule has 0 aromatic heterocycles. The highest BCUT2D eigenvalue weighted by molar-refractivity contribution is 6.52. The minimum atomic E-state index is -0.905. The average Bonchev–Trinajstić information content (AvgIpc) is 3.10. The molecule has 1 N–H and O–H groups in total. The summed E-state index contributed by atoms with van der Waals surface area (Å²) in [5, 5.41) is 12.1. The van der Waals surface area contributed by atoms with E-state index in [1.807, 2.05) is 44.2 Å². The second kappa shape index (κ2) is 9.47. The lowest BCUT2D eigenvalue weighted by Crippen LogP contribution is -2.29. The highest BCUT2D eigenvalue weighted by Gasteiger charge is 2.48. The van der Waals surface area contributed by atoms with E-state index in [9.17, 15) is 14.7 Å². The number of Topliss-reactive ketones (excluding diaryl/α,β-unsaturated/α-hetero) is 1. The molecule has 3 aromatic carbocycles. The number of halogens is 1. The lowest BCUT2D eigenvalue weighted by atomic mass is 9.84. The fourth-order valence-electron chi connectivity index (χ4n) is 4.51. The van der Waals surface area contributed by atoms with E-state index >= 15 is 0 Å². The van der Waals surface area contributed by atoms with Crippen molar-refractivity contribution in [2.75, 3.05) is 12.0 Å². The van der Waals surface area contributed by atoms with E-state index in [1.54, 1.807) is 30.3 Å². The predicted octanol–water partition coefficient (Wildman–Crippen LogP) is 6.89. The van der Waals surface area contributed by atoms with Crippen molar-refractivity contribution in [3.05, 3.63) is 99.1 Å². The standard InChI is InChI=1S/C30H30ClNO4/c1-17-11-13-19(30(3,4)5)15-22(17)27(33)25-26(21-9-7-8-10-24(21)36-6)32(29(35)28(25)34)20-14-12-18(2)23(31)16-20/h7-16,26,33H,1-6H3/b27-25+. The summed E-state index contributed by atoms with van der Waals surface area (Å²) in [4.78, 5) is 28.4. The molecule has 1 amide bonds. The van der Waals surface area contributed by atoms with Crippen molar-refractivity contribution in [2.45, 2.75) is 46.1 Å². The number of amides is 1. The third kappa shape index (κ3) is 4.40. The molecule has 0 aliphatic carbocycles. The summed E-state index contributed by atoms with van der Waals surface area (Å²) in [6.45, 7) is 9.97. The summed E-state index contributed by atoms with van der Waals surface area (Å²) in [5.41, 5.74) is 4.05. The highest BCUT2D eigenvalue weighted by atomic mass is 35.5. The first kappa shape index (κ1) is 25.5. The number of ketones is 1. The third-order valence-corrected chi connectivity index (χ3v) is 7.08. The van der Waals surface area contributed by atoms with Gasteiger partial charge in [-0.15, -0.1) is 0 Å². The number of rotatable bonds is 4. The van der Waals surface area contributed by atoms with Crippen molar-refractivity contribution in [3.63, 3.8) is 0 Å². The van der Waals surface area contributed by atoms with E-state index in [-0.39, 0.29) is 16.7 Å². The van der Waals surface area contributed by atoms with Crippen molar-refractivity contribution in [2.24, 2.45) is 0 Å². The van der Waals surface area contributed by atoms with Crippen LogP contribution in [-0.4, -0.2) is 23.9 Å². The molecule has 1 fully saturated rings. The van der Waals surface area contributed by atoms with Gasteiger partial charge in [0, 0.05) is 21.8 Å². The van der Waals surface area contributed by atoms with E-state index < -0.39 is 17.7 Å². The third-order valence-electron chi connectivity index (χ3n) is 6.67. The van der Waals surface area contributed by atoms with Crippen molar-refractivity contribution in [1.29, 1.82) is 0 Å². The van der Waals surface area contributed by atoms with Crippen LogP contribution in [0.3, 0.4) is 0 Å². The Morgan fingerprint density at radius 2 is 1.64 bits per heavy atom. The zero-order valence-electron chi connectivity index (χ0n) is 21.3. The summed E-state index contributed by atoms with van der Waals surface area (Å²) in [7, 11) is 1.53. The smallest absolute Gasteiger partial charge is 0.300 e. The number of hydrogen-bond acceptors (Lipinski definition) is 4. The molecular formula is C30H30ClNO4. The second-order valence-corrected chi connectivity index (χ2v) is 10.5. The first-order valence-electron chi connectivity index (χ1n) is 11.8. The van der Waals surface area contributed by atoms with Crippen LogP contribution in [0.1, 0.15) is 54.6 Å². The van der Waals surface area contributed by atoms with E-state index in [0.717, 1.165) is 16.7 Å². The zero-order chi connectivity index (χ0) is 26.4. The number of carbonyl (C=O) groups excluding carboxylic acids is 2. The number of ether oxygens (including phenoxy) is 1. The van der Waals surface area contributed by atoms with Gasteiger partial charge in [-0.2, -0.15) is 0 Å². The van der Waals surface area contributed by atoms with Gasteiger partial charge in [0.25, 0.3) is 11.7 Å². The van der Waals surface area contributed by atoms with Crippen LogP contribution in [0.4, 0.5) is 5.69 Å². The molecule has 0 bridgehead atoms. The van der Waals surface area contributed by atoms with Gasteiger partial charge < -0.3 is 9.84 Å². The lowest BCUT2D eigenvalue weighted by Gasteiger charge is -2.27. The van der Waals surface area contributed by atoms with Gasteiger partial charge in [0.15, 0.2) is 0 Å². The van der Waals surface area contributed by atoms with Crippen LogP contribution in [0.5, 0.6) is 5.75 Å². The van der Waals surface area contributed by atoms with Gasteiger partial charge in [-0.3, -0.25) is 14.5 Å². The molecule has 0 saturated carbocycles. The second-order valence-electron chi connectivity index (χ2n) is 10.1. The van der Waals surface area contributed by atoms with Crippen LogP contribution in [0.2, 0.25) is 5.02 Å². The van der Waals surface area contributed by atoms with E-state index in [4.69, 9.17) is 16.3 Å². The highest BCUT2D eigenvalue weighted by Crippen LogP contribution is 2.46. The molecule has 1 unspecified atom stereocenters. The zero-order valence-corrected chi connectivity index (χ0v) is 22.1. The van der Waals surface area contributed by atoms with Gasteiger partial charge >= 0.3 is 0 Å². The molecule has 0 spiro atoms. The van der Waals surface area contributed by atoms with Crippen LogP contribution >= 0.6 is 11.6 Å². The van der Waals surface area contributed by atoms with Crippen LogP contribution in [0, 0.1) is 13.8 Å². The van der Waals surface area contributed by atoms with Gasteiger partial charge in [0.1, 0.15) is 11.5 Å². The van der Waals surface area contributed by atoms with E-state index in [2.05, 4.69) is 20.8 Å². The molecule has 4 rings (SSSR count). The first-order chi connectivity index (χ1) is 17.0. The van der Waals surface area contributed by atoms with Crippen molar-refractivity contribution < 1.29 is 19.4 Å². The number of anilines is 1. The number of aryl methyl sites for hydroxylation is 2. The Morgan fingerprint density at radius 3 is 2.28 bits per heavy atom. The molecule has 3 aromatic rings.